The summed E-state index contributed by atoms with van der Waals surface area (Å²) in [7, 11) is 0. The molecule has 0 aromatic heterocycles. The molecule has 5 heteroatoms. The predicted octanol–water partition coefficient (Wildman–Crippen LogP) is 2.03. The largest absolute Gasteiger partial charge is 0.481 e. The van der Waals surface area contributed by atoms with Crippen molar-refractivity contribution < 1.29 is 14.7 Å². The minimum Gasteiger partial charge on any atom is -0.481 e. The number of carboxylic acid groups (broad SMARTS) is 1. The van der Waals surface area contributed by atoms with E-state index in [-0.39, 0.29) is 11.9 Å². The molecule has 1 saturated carbocycles. The zero-order valence-electron chi connectivity index (χ0n) is 11.7. The van der Waals surface area contributed by atoms with Crippen LogP contribution in [0.1, 0.15) is 39.0 Å². The summed E-state index contributed by atoms with van der Waals surface area (Å²) in [6.07, 6.45) is 5.21. The Kier molecular flexibility index (Phi) is 4.66. The molecule has 108 valence electrons. The van der Waals surface area contributed by atoms with Crippen LogP contribution in [0.2, 0.25) is 0 Å². The van der Waals surface area contributed by atoms with Gasteiger partial charge in [0.15, 0.2) is 0 Å². The quantitative estimate of drug-likeness (QED) is 0.848. The van der Waals surface area contributed by atoms with E-state index >= 15 is 0 Å². The summed E-state index contributed by atoms with van der Waals surface area (Å²) in [4.78, 5) is 27.1. The minimum absolute atomic E-state index is 0.0281. The van der Waals surface area contributed by atoms with Gasteiger partial charge >= 0.3 is 12.0 Å². The second kappa shape index (κ2) is 6.26. The van der Waals surface area contributed by atoms with Gasteiger partial charge in [-0.05, 0) is 38.5 Å². The Labute approximate surface area is 114 Å². The van der Waals surface area contributed by atoms with E-state index in [0.29, 0.717) is 32.0 Å². The summed E-state index contributed by atoms with van der Waals surface area (Å²) in [5.41, 5.74) is 0. The van der Waals surface area contributed by atoms with Crippen LogP contribution in [0.25, 0.3) is 0 Å². The van der Waals surface area contributed by atoms with Crippen LogP contribution in [0.3, 0.4) is 0 Å². The monoisotopic (exact) mass is 268 g/mol. The average molecular weight is 268 g/mol. The van der Waals surface area contributed by atoms with Gasteiger partial charge < -0.3 is 14.9 Å². The first-order valence-corrected chi connectivity index (χ1v) is 7.38. The number of carbonyl (C=O) groups excluding carboxylic acids is 1. The van der Waals surface area contributed by atoms with Crippen LogP contribution in [-0.4, -0.2) is 53.1 Å². The van der Waals surface area contributed by atoms with Crippen molar-refractivity contribution in [3.8, 4) is 0 Å². The number of likely N-dealkylation sites (tertiary alicyclic amines) is 1. The van der Waals surface area contributed by atoms with E-state index in [4.69, 9.17) is 5.11 Å². The molecule has 0 spiro atoms. The first-order chi connectivity index (χ1) is 9.11. The first kappa shape index (κ1) is 14.2. The summed E-state index contributed by atoms with van der Waals surface area (Å²) in [5, 5.41) is 9.07. The van der Waals surface area contributed by atoms with Crippen molar-refractivity contribution in [2.45, 2.75) is 39.0 Å². The number of piperidine rings is 1. The zero-order valence-corrected chi connectivity index (χ0v) is 11.7. The Hall–Kier alpha value is -1.26. The zero-order chi connectivity index (χ0) is 13.8. The van der Waals surface area contributed by atoms with Gasteiger partial charge in [0, 0.05) is 26.2 Å². The standard InChI is InChI=1S/C14H24N2O3/c1-2-15(9-11-5-3-6-11)14(19)16-8-4-7-12(10-16)13(17)18/h11-12H,2-10H2,1H3,(H,17,18)/t12-/m1/s1. The van der Waals surface area contributed by atoms with E-state index in [1.807, 2.05) is 11.8 Å². The lowest BCUT2D eigenvalue weighted by Gasteiger charge is -2.37. The van der Waals surface area contributed by atoms with Crippen LogP contribution in [0.15, 0.2) is 0 Å². The Morgan fingerprint density at radius 3 is 2.53 bits per heavy atom. The van der Waals surface area contributed by atoms with Gasteiger partial charge in [0.25, 0.3) is 0 Å². The number of hydrogen-bond donors (Lipinski definition) is 1. The molecule has 1 aliphatic carbocycles. The van der Waals surface area contributed by atoms with E-state index in [1.165, 1.54) is 19.3 Å². The number of hydrogen-bond acceptors (Lipinski definition) is 2. The minimum atomic E-state index is -0.778. The molecular weight excluding hydrogens is 244 g/mol. The van der Waals surface area contributed by atoms with Gasteiger partial charge in [-0.3, -0.25) is 4.79 Å². The molecule has 2 aliphatic rings. The number of aliphatic carboxylic acids is 1. The number of rotatable bonds is 4. The van der Waals surface area contributed by atoms with E-state index < -0.39 is 5.97 Å². The van der Waals surface area contributed by atoms with Crippen LogP contribution in [0.4, 0.5) is 4.79 Å². The molecule has 0 unspecified atom stereocenters. The molecule has 5 nitrogen and oxygen atoms in total. The fourth-order valence-electron chi connectivity index (χ4n) is 2.88. The Morgan fingerprint density at radius 1 is 1.26 bits per heavy atom. The number of amides is 2. The van der Waals surface area contributed by atoms with Gasteiger partial charge in [-0.25, -0.2) is 4.79 Å². The maximum absolute atomic E-state index is 12.4. The van der Waals surface area contributed by atoms with Crippen LogP contribution in [0, 0.1) is 11.8 Å². The molecule has 0 aromatic rings. The molecule has 0 radical (unpaired) electrons. The molecule has 19 heavy (non-hydrogen) atoms. The number of carboxylic acids is 1. The van der Waals surface area contributed by atoms with Crippen molar-refractivity contribution in [2.75, 3.05) is 26.2 Å². The van der Waals surface area contributed by atoms with Crippen LogP contribution >= 0.6 is 0 Å². The lowest BCUT2D eigenvalue weighted by atomic mass is 9.85. The molecule has 0 bridgehead atoms. The maximum atomic E-state index is 12.4. The Morgan fingerprint density at radius 2 is 2.00 bits per heavy atom. The van der Waals surface area contributed by atoms with Gasteiger partial charge in [0.2, 0.25) is 0 Å². The molecule has 1 aliphatic heterocycles. The van der Waals surface area contributed by atoms with E-state index in [0.717, 1.165) is 13.0 Å². The number of carbonyl (C=O) groups is 2. The predicted molar refractivity (Wildman–Crippen MR) is 71.9 cm³/mol. The van der Waals surface area contributed by atoms with Gasteiger partial charge in [-0.15, -0.1) is 0 Å². The van der Waals surface area contributed by atoms with Crippen molar-refractivity contribution in [3.63, 3.8) is 0 Å². The molecule has 1 atom stereocenters. The van der Waals surface area contributed by atoms with E-state index in [1.54, 1.807) is 4.90 Å². The van der Waals surface area contributed by atoms with Crippen molar-refractivity contribution in [1.29, 1.82) is 0 Å². The molecule has 1 saturated heterocycles. The Bertz CT molecular complexity index is 342. The fraction of sp³-hybridized carbons (Fsp3) is 0.857. The van der Waals surface area contributed by atoms with Crippen LogP contribution in [-0.2, 0) is 4.79 Å². The van der Waals surface area contributed by atoms with Gasteiger partial charge in [0.1, 0.15) is 0 Å². The third-order valence-corrected chi connectivity index (χ3v) is 4.40. The van der Waals surface area contributed by atoms with Gasteiger partial charge in [-0.2, -0.15) is 0 Å². The van der Waals surface area contributed by atoms with Gasteiger partial charge in [-0.1, -0.05) is 6.42 Å². The van der Waals surface area contributed by atoms with Crippen LogP contribution in [0.5, 0.6) is 0 Å². The third-order valence-electron chi connectivity index (χ3n) is 4.40. The lowest BCUT2D eigenvalue weighted by Crippen LogP contribution is -2.50. The SMILES string of the molecule is CCN(CC1CCC1)C(=O)N1CCC[C@@H](C(=O)O)C1. The van der Waals surface area contributed by atoms with Crippen LogP contribution < -0.4 is 0 Å². The second-order valence-corrected chi connectivity index (χ2v) is 5.74. The topological polar surface area (TPSA) is 60.9 Å². The summed E-state index contributed by atoms with van der Waals surface area (Å²) in [6.45, 7) is 4.61. The molecule has 0 aromatic carbocycles. The van der Waals surface area contributed by atoms with Crippen molar-refractivity contribution >= 4 is 12.0 Å². The van der Waals surface area contributed by atoms with Crippen molar-refractivity contribution in [2.24, 2.45) is 11.8 Å². The Balaban J connectivity index is 1.90. The molecule has 2 fully saturated rings. The highest BCUT2D eigenvalue weighted by atomic mass is 16.4. The molecular formula is C14H24N2O3. The molecule has 2 amide bonds. The lowest BCUT2D eigenvalue weighted by molar-refractivity contribution is -0.143. The average Bonchev–Trinajstić information content (AvgIpc) is 2.37. The highest BCUT2D eigenvalue weighted by molar-refractivity contribution is 5.76. The smallest absolute Gasteiger partial charge is 0.320 e. The highest BCUT2D eigenvalue weighted by Crippen LogP contribution is 2.27. The number of nitrogens with zero attached hydrogens (tertiary/aromatic N) is 2. The van der Waals surface area contributed by atoms with Gasteiger partial charge in [0.05, 0.1) is 5.92 Å². The van der Waals surface area contributed by atoms with E-state index in [9.17, 15) is 9.59 Å². The normalized spacial score (nSPS) is 23.8. The molecule has 1 heterocycles. The maximum Gasteiger partial charge on any atom is 0.320 e. The highest BCUT2D eigenvalue weighted by Gasteiger charge is 2.31. The number of urea groups is 1. The van der Waals surface area contributed by atoms with Crippen molar-refractivity contribution in [1.82, 2.24) is 9.80 Å². The van der Waals surface area contributed by atoms with Crippen molar-refractivity contribution in [3.05, 3.63) is 0 Å². The first-order valence-electron chi connectivity index (χ1n) is 7.38. The summed E-state index contributed by atoms with van der Waals surface area (Å²) >= 11 is 0. The fourth-order valence-corrected chi connectivity index (χ4v) is 2.88. The second-order valence-electron chi connectivity index (χ2n) is 5.74. The third kappa shape index (κ3) is 3.39. The molecule has 2 rings (SSSR count). The summed E-state index contributed by atoms with van der Waals surface area (Å²) < 4.78 is 0. The van der Waals surface area contributed by atoms with E-state index in [2.05, 4.69) is 0 Å². The summed E-state index contributed by atoms with van der Waals surface area (Å²) in [5.74, 6) is -0.511. The summed E-state index contributed by atoms with van der Waals surface area (Å²) in [6, 6.07) is 0.0281. The molecule has 1 N–H and O–H groups in total.